The van der Waals surface area contributed by atoms with E-state index in [4.69, 9.17) is 0 Å². The van der Waals surface area contributed by atoms with E-state index in [1.54, 1.807) is 0 Å². The zero-order chi connectivity index (χ0) is 14.7. The molecule has 1 unspecified atom stereocenters. The summed E-state index contributed by atoms with van der Waals surface area (Å²) in [6.07, 6.45) is 2.32. The van der Waals surface area contributed by atoms with Gasteiger partial charge in [0, 0.05) is 24.0 Å². The fourth-order valence-electron chi connectivity index (χ4n) is 3.14. The lowest BCUT2D eigenvalue weighted by Gasteiger charge is -2.25. The lowest BCUT2D eigenvalue weighted by Crippen LogP contribution is -2.23. The number of nitrogens with zero attached hydrogens (tertiary/aromatic N) is 1. The van der Waals surface area contributed by atoms with Crippen LogP contribution in [0.5, 0.6) is 0 Å². The highest BCUT2D eigenvalue weighted by molar-refractivity contribution is 5.71. The van der Waals surface area contributed by atoms with Gasteiger partial charge in [-0.15, -0.1) is 0 Å². The number of benzene rings is 2. The van der Waals surface area contributed by atoms with Crippen LogP contribution in [0, 0.1) is 0 Å². The van der Waals surface area contributed by atoms with Crippen LogP contribution in [0.15, 0.2) is 48.5 Å². The second-order valence-corrected chi connectivity index (χ2v) is 5.90. The van der Waals surface area contributed by atoms with Crippen molar-refractivity contribution >= 4 is 11.4 Å². The molecule has 1 aliphatic heterocycles. The SMILES string of the molecule is CCCNCc1ccc(N2c3ccccc3CC2C)cc1. The van der Waals surface area contributed by atoms with E-state index in [2.05, 4.69) is 72.6 Å². The summed E-state index contributed by atoms with van der Waals surface area (Å²) in [6, 6.07) is 18.3. The van der Waals surface area contributed by atoms with E-state index >= 15 is 0 Å². The number of anilines is 2. The number of hydrogen-bond donors (Lipinski definition) is 1. The van der Waals surface area contributed by atoms with Gasteiger partial charge in [-0.25, -0.2) is 0 Å². The van der Waals surface area contributed by atoms with Gasteiger partial charge in [0.15, 0.2) is 0 Å². The van der Waals surface area contributed by atoms with Crippen LogP contribution < -0.4 is 10.2 Å². The first-order valence-electron chi connectivity index (χ1n) is 7.96. The van der Waals surface area contributed by atoms with Crippen molar-refractivity contribution in [2.45, 2.75) is 39.3 Å². The summed E-state index contributed by atoms with van der Waals surface area (Å²) >= 11 is 0. The summed E-state index contributed by atoms with van der Waals surface area (Å²) in [5.41, 5.74) is 5.47. The van der Waals surface area contributed by atoms with E-state index in [1.165, 1.54) is 28.9 Å². The standard InChI is InChI=1S/C19H24N2/c1-3-12-20-14-16-8-10-18(11-9-16)21-15(2)13-17-6-4-5-7-19(17)21/h4-11,15,20H,3,12-14H2,1-2H3. The average molecular weight is 280 g/mol. The molecule has 0 aliphatic carbocycles. The Balaban J connectivity index is 1.78. The van der Waals surface area contributed by atoms with Gasteiger partial charge in [0.1, 0.15) is 0 Å². The van der Waals surface area contributed by atoms with Crippen LogP contribution in [0.1, 0.15) is 31.4 Å². The fraction of sp³-hybridized carbons (Fsp3) is 0.368. The molecule has 1 atom stereocenters. The molecular weight excluding hydrogens is 256 g/mol. The first kappa shape index (κ1) is 14.2. The van der Waals surface area contributed by atoms with Gasteiger partial charge in [-0.05, 0) is 55.6 Å². The molecule has 0 bridgehead atoms. The predicted octanol–water partition coefficient (Wildman–Crippen LogP) is 4.27. The highest BCUT2D eigenvalue weighted by Gasteiger charge is 2.26. The van der Waals surface area contributed by atoms with Crippen LogP contribution in [-0.2, 0) is 13.0 Å². The normalized spacial score (nSPS) is 17.0. The number of nitrogens with one attached hydrogen (secondary N) is 1. The first-order chi connectivity index (χ1) is 10.3. The minimum atomic E-state index is 0.534. The molecule has 1 N–H and O–H groups in total. The molecule has 2 aromatic rings. The average Bonchev–Trinajstić information content (AvgIpc) is 2.84. The van der Waals surface area contributed by atoms with Crippen molar-refractivity contribution in [3.05, 3.63) is 59.7 Å². The Morgan fingerprint density at radius 1 is 1.10 bits per heavy atom. The predicted molar refractivity (Wildman–Crippen MR) is 90.2 cm³/mol. The molecule has 0 saturated heterocycles. The molecule has 21 heavy (non-hydrogen) atoms. The molecule has 2 nitrogen and oxygen atoms in total. The first-order valence-corrected chi connectivity index (χ1v) is 7.96. The molecule has 1 aliphatic rings. The second-order valence-electron chi connectivity index (χ2n) is 5.90. The van der Waals surface area contributed by atoms with Crippen molar-refractivity contribution in [3.63, 3.8) is 0 Å². The Hall–Kier alpha value is -1.80. The maximum Gasteiger partial charge on any atom is 0.0446 e. The zero-order valence-corrected chi connectivity index (χ0v) is 13.0. The topological polar surface area (TPSA) is 15.3 Å². The smallest absolute Gasteiger partial charge is 0.0446 e. The Morgan fingerprint density at radius 3 is 2.62 bits per heavy atom. The Bertz CT molecular complexity index is 589. The van der Waals surface area contributed by atoms with Crippen LogP contribution in [0.4, 0.5) is 11.4 Å². The molecular formula is C19H24N2. The third kappa shape index (κ3) is 2.96. The van der Waals surface area contributed by atoms with Crippen molar-refractivity contribution in [2.75, 3.05) is 11.4 Å². The highest BCUT2D eigenvalue weighted by atomic mass is 15.2. The highest BCUT2D eigenvalue weighted by Crippen LogP contribution is 2.37. The summed E-state index contributed by atoms with van der Waals surface area (Å²) in [6.45, 7) is 6.54. The van der Waals surface area contributed by atoms with E-state index < -0.39 is 0 Å². The zero-order valence-electron chi connectivity index (χ0n) is 13.0. The minimum absolute atomic E-state index is 0.534. The summed E-state index contributed by atoms with van der Waals surface area (Å²) in [5, 5.41) is 3.45. The van der Waals surface area contributed by atoms with Crippen molar-refractivity contribution < 1.29 is 0 Å². The molecule has 0 radical (unpaired) electrons. The van der Waals surface area contributed by atoms with Gasteiger partial charge in [-0.2, -0.15) is 0 Å². The van der Waals surface area contributed by atoms with E-state index in [-0.39, 0.29) is 0 Å². The summed E-state index contributed by atoms with van der Waals surface area (Å²) in [7, 11) is 0. The largest absolute Gasteiger partial charge is 0.338 e. The third-order valence-corrected chi connectivity index (χ3v) is 4.18. The van der Waals surface area contributed by atoms with E-state index in [9.17, 15) is 0 Å². The van der Waals surface area contributed by atoms with Gasteiger partial charge < -0.3 is 10.2 Å². The molecule has 110 valence electrons. The van der Waals surface area contributed by atoms with Gasteiger partial charge in [0.25, 0.3) is 0 Å². The maximum absolute atomic E-state index is 3.45. The molecule has 2 heteroatoms. The molecule has 2 aromatic carbocycles. The van der Waals surface area contributed by atoms with Crippen LogP contribution in [-0.4, -0.2) is 12.6 Å². The van der Waals surface area contributed by atoms with E-state index in [0.717, 1.165) is 19.5 Å². The molecule has 0 spiro atoms. The fourth-order valence-corrected chi connectivity index (χ4v) is 3.14. The lowest BCUT2D eigenvalue weighted by atomic mass is 10.1. The summed E-state index contributed by atoms with van der Waals surface area (Å²) < 4.78 is 0. The molecule has 0 aromatic heterocycles. The van der Waals surface area contributed by atoms with Crippen molar-refractivity contribution in [2.24, 2.45) is 0 Å². The van der Waals surface area contributed by atoms with Gasteiger partial charge >= 0.3 is 0 Å². The molecule has 0 fully saturated rings. The lowest BCUT2D eigenvalue weighted by molar-refractivity contribution is 0.675. The van der Waals surface area contributed by atoms with Crippen LogP contribution in [0.2, 0.25) is 0 Å². The Labute approximate surface area is 127 Å². The number of hydrogen-bond acceptors (Lipinski definition) is 2. The van der Waals surface area contributed by atoms with E-state index in [0.29, 0.717) is 6.04 Å². The molecule has 1 heterocycles. The second kappa shape index (κ2) is 6.31. The van der Waals surface area contributed by atoms with Gasteiger partial charge in [-0.3, -0.25) is 0 Å². The summed E-state index contributed by atoms with van der Waals surface area (Å²) in [5.74, 6) is 0. The number of fused-ring (bicyclic) bond motifs is 1. The minimum Gasteiger partial charge on any atom is -0.338 e. The van der Waals surface area contributed by atoms with Crippen molar-refractivity contribution in [3.8, 4) is 0 Å². The van der Waals surface area contributed by atoms with Gasteiger partial charge in [0.05, 0.1) is 0 Å². The van der Waals surface area contributed by atoms with Crippen molar-refractivity contribution in [1.29, 1.82) is 0 Å². The molecule has 3 rings (SSSR count). The maximum atomic E-state index is 3.45. The molecule has 0 amide bonds. The quantitative estimate of drug-likeness (QED) is 0.823. The Kier molecular flexibility index (Phi) is 4.26. The van der Waals surface area contributed by atoms with Crippen LogP contribution in [0.3, 0.4) is 0 Å². The van der Waals surface area contributed by atoms with Gasteiger partial charge in [-0.1, -0.05) is 37.3 Å². The van der Waals surface area contributed by atoms with E-state index in [1.807, 2.05) is 0 Å². The summed E-state index contributed by atoms with van der Waals surface area (Å²) in [4.78, 5) is 2.46. The van der Waals surface area contributed by atoms with Crippen LogP contribution in [0.25, 0.3) is 0 Å². The van der Waals surface area contributed by atoms with Crippen molar-refractivity contribution in [1.82, 2.24) is 5.32 Å². The third-order valence-electron chi connectivity index (χ3n) is 4.18. The Morgan fingerprint density at radius 2 is 1.86 bits per heavy atom. The van der Waals surface area contributed by atoms with Gasteiger partial charge in [0.2, 0.25) is 0 Å². The molecule has 0 saturated carbocycles. The number of rotatable bonds is 5. The van der Waals surface area contributed by atoms with Crippen LogP contribution >= 0.6 is 0 Å². The monoisotopic (exact) mass is 280 g/mol. The number of para-hydroxylation sites is 1.